The van der Waals surface area contributed by atoms with Crippen LogP contribution in [-0.2, 0) is 19.8 Å². The number of carbonyl (C=O) groups excluding carboxylic acids is 1. The molecule has 0 aliphatic carbocycles. The maximum absolute atomic E-state index is 13.7. The molecular weight excluding hydrogens is 432 g/mol. The van der Waals surface area contributed by atoms with Crippen LogP contribution in [0.4, 0.5) is 8.78 Å². The quantitative estimate of drug-likeness (QED) is 0.516. The maximum Gasteiger partial charge on any atom is 0.357 e. The number of pyridine rings is 1. The monoisotopic (exact) mass is 451 g/mol. The Hall–Kier alpha value is -2.62. The first-order valence-corrected chi connectivity index (χ1v) is 10.0. The Kier molecular flexibility index (Phi) is 5.92. The number of rotatable bonds is 6. The number of esters is 1. The maximum atomic E-state index is 13.7. The first-order chi connectivity index (χ1) is 14.9. The van der Waals surface area contributed by atoms with Gasteiger partial charge in [-0.2, -0.15) is 0 Å². The zero-order valence-electron chi connectivity index (χ0n) is 16.9. The topological polar surface area (TPSA) is 75.0 Å². The Bertz CT molecular complexity index is 1130. The van der Waals surface area contributed by atoms with Crippen molar-refractivity contribution in [2.45, 2.75) is 25.4 Å². The van der Waals surface area contributed by atoms with E-state index in [1.54, 1.807) is 17.4 Å². The SMILES string of the molecule is CCOC(=O)c1cc2c(-c3cc(C(F)F)cc([C@]4(OC)CCOC4)n3)cc(Cl)n2cn1. The average molecular weight is 452 g/mol. The van der Waals surface area contributed by atoms with Gasteiger partial charge in [0.15, 0.2) is 5.69 Å². The van der Waals surface area contributed by atoms with E-state index in [2.05, 4.69) is 9.97 Å². The minimum atomic E-state index is -2.71. The fourth-order valence-corrected chi connectivity index (χ4v) is 3.89. The van der Waals surface area contributed by atoms with Gasteiger partial charge in [0.05, 0.1) is 30.1 Å². The third-order valence-electron chi connectivity index (χ3n) is 5.32. The first-order valence-electron chi connectivity index (χ1n) is 9.66. The van der Waals surface area contributed by atoms with Crippen molar-refractivity contribution in [2.24, 2.45) is 0 Å². The predicted octanol–water partition coefficient (Wildman–Crippen LogP) is 4.43. The summed E-state index contributed by atoms with van der Waals surface area (Å²) in [6.07, 6.45) is -0.832. The molecule has 1 fully saturated rings. The summed E-state index contributed by atoms with van der Waals surface area (Å²) in [5.41, 5.74) is 0.578. The number of alkyl halides is 2. The molecule has 1 saturated heterocycles. The Balaban J connectivity index is 1.90. The highest BCUT2D eigenvalue weighted by atomic mass is 35.5. The summed E-state index contributed by atoms with van der Waals surface area (Å²) in [4.78, 5) is 20.8. The number of fused-ring (bicyclic) bond motifs is 1. The molecule has 4 heterocycles. The van der Waals surface area contributed by atoms with Gasteiger partial charge in [-0.15, -0.1) is 0 Å². The standard InChI is InChI=1S/C21H20ClF2N3O4/c1-3-31-20(28)15-9-16-13(8-18(22)27(16)11-25-15)14-6-12(19(23)24)7-17(26-14)21(29-2)4-5-30-10-21/h6-9,11,19H,3-5,10H2,1-2H3/t21-/m0/s1. The van der Waals surface area contributed by atoms with E-state index in [1.165, 1.54) is 31.6 Å². The Morgan fingerprint density at radius 2 is 2.16 bits per heavy atom. The highest BCUT2D eigenvalue weighted by Crippen LogP contribution is 2.38. The van der Waals surface area contributed by atoms with Gasteiger partial charge in [-0.05, 0) is 31.2 Å². The molecule has 1 aliphatic rings. The van der Waals surface area contributed by atoms with Crippen molar-refractivity contribution in [1.29, 1.82) is 0 Å². The average Bonchev–Trinajstić information content (AvgIpc) is 3.39. The number of halogens is 3. The Morgan fingerprint density at radius 1 is 1.35 bits per heavy atom. The van der Waals surface area contributed by atoms with E-state index in [1.807, 2.05) is 0 Å². The van der Waals surface area contributed by atoms with Crippen LogP contribution in [0, 0.1) is 0 Å². The van der Waals surface area contributed by atoms with Crippen LogP contribution in [-0.4, -0.2) is 47.3 Å². The van der Waals surface area contributed by atoms with E-state index in [0.717, 1.165) is 0 Å². The summed E-state index contributed by atoms with van der Waals surface area (Å²) in [6.45, 7) is 2.55. The highest BCUT2D eigenvalue weighted by Gasteiger charge is 2.39. The summed E-state index contributed by atoms with van der Waals surface area (Å²) in [5.74, 6) is -0.593. The van der Waals surface area contributed by atoms with Crippen LogP contribution in [0.15, 0.2) is 30.6 Å². The van der Waals surface area contributed by atoms with Gasteiger partial charge in [0.2, 0.25) is 0 Å². The number of nitrogens with zero attached hydrogens (tertiary/aromatic N) is 3. The Labute approximate surface area is 181 Å². The molecule has 1 atom stereocenters. The van der Waals surface area contributed by atoms with Gasteiger partial charge in [0, 0.05) is 31.3 Å². The lowest BCUT2D eigenvalue weighted by atomic mass is 9.95. The van der Waals surface area contributed by atoms with Gasteiger partial charge in [-0.25, -0.2) is 23.5 Å². The summed E-state index contributed by atoms with van der Waals surface area (Å²) < 4.78 is 45.1. The van der Waals surface area contributed by atoms with E-state index in [9.17, 15) is 13.6 Å². The number of carbonyl (C=O) groups is 1. The number of methoxy groups -OCH3 is 1. The molecule has 0 bridgehead atoms. The molecule has 0 saturated carbocycles. The number of hydrogen-bond donors (Lipinski definition) is 0. The number of ether oxygens (including phenoxy) is 3. The predicted molar refractivity (Wildman–Crippen MR) is 108 cm³/mol. The third-order valence-corrected chi connectivity index (χ3v) is 5.61. The largest absolute Gasteiger partial charge is 0.461 e. The molecule has 10 heteroatoms. The molecule has 164 valence electrons. The third kappa shape index (κ3) is 3.88. The number of hydrogen-bond acceptors (Lipinski definition) is 6. The van der Waals surface area contributed by atoms with Crippen LogP contribution in [0.5, 0.6) is 0 Å². The van der Waals surface area contributed by atoms with Crippen LogP contribution in [0.25, 0.3) is 16.8 Å². The summed E-state index contributed by atoms with van der Waals surface area (Å²) in [6, 6.07) is 5.75. The van der Waals surface area contributed by atoms with Crippen molar-refractivity contribution in [3.8, 4) is 11.3 Å². The second kappa shape index (κ2) is 8.49. The van der Waals surface area contributed by atoms with Crippen molar-refractivity contribution in [1.82, 2.24) is 14.4 Å². The van der Waals surface area contributed by atoms with Gasteiger partial charge in [-0.1, -0.05) is 11.6 Å². The van der Waals surface area contributed by atoms with Crippen LogP contribution in [0.1, 0.15) is 41.5 Å². The lowest BCUT2D eigenvalue weighted by Crippen LogP contribution is -2.30. The zero-order valence-corrected chi connectivity index (χ0v) is 17.7. The summed E-state index contributed by atoms with van der Waals surface area (Å²) in [7, 11) is 1.51. The molecule has 0 N–H and O–H groups in total. The van der Waals surface area contributed by atoms with E-state index in [0.29, 0.717) is 35.0 Å². The smallest absolute Gasteiger partial charge is 0.357 e. The highest BCUT2D eigenvalue weighted by molar-refractivity contribution is 6.30. The lowest BCUT2D eigenvalue weighted by molar-refractivity contribution is -0.0247. The van der Waals surface area contributed by atoms with Gasteiger partial charge in [-0.3, -0.25) is 4.40 Å². The van der Waals surface area contributed by atoms with Gasteiger partial charge in [0.25, 0.3) is 6.43 Å². The van der Waals surface area contributed by atoms with E-state index < -0.39 is 18.0 Å². The molecule has 0 unspecified atom stereocenters. The van der Waals surface area contributed by atoms with Crippen molar-refractivity contribution in [2.75, 3.05) is 26.9 Å². The fourth-order valence-electron chi connectivity index (χ4n) is 3.64. The van der Waals surface area contributed by atoms with Gasteiger partial charge < -0.3 is 14.2 Å². The van der Waals surface area contributed by atoms with Crippen molar-refractivity contribution < 1.29 is 27.8 Å². The molecule has 1 aliphatic heterocycles. The minimum Gasteiger partial charge on any atom is -0.461 e. The fraction of sp³-hybridized carbons (Fsp3) is 0.381. The molecule has 31 heavy (non-hydrogen) atoms. The summed E-state index contributed by atoms with van der Waals surface area (Å²) in [5, 5.41) is 0.296. The molecule has 3 aromatic rings. The van der Waals surface area contributed by atoms with E-state index in [-0.39, 0.29) is 30.2 Å². The van der Waals surface area contributed by atoms with Crippen molar-refractivity contribution >= 4 is 23.1 Å². The molecule has 4 rings (SSSR count). The summed E-state index contributed by atoms with van der Waals surface area (Å²) >= 11 is 6.33. The molecular formula is C21H20ClF2N3O4. The molecule has 0 amide bonds. The molecule has 0 radical (unpaired) electrons. The molecule has 7 nitrogen and oxygen atoms in total. The second-order valence-corrected chi connectivity index (χ2v) is 7.49. The van der Waals surface area contributed by atoms with Gasteiger partial charge in [0.1, 0.15) is 17.1 Å². The van der Waals surface area contributed by atoms with E-state index in [4.69, 9.17) is 25.8 Å². The first kappa shape index (κ1) is 21.6. The van der Waals surface area contributed by atoms with Crippen LogP contribution in [0.2, 0.25) is 5.15 Å². The van der Waals surface area contributed by atoms with Crippen molar-refractivity contribution in [3.05, 3.63) is 52.7 Å². The zero-order chi connectivity index (χ0) is 22.2. The second-order valence-electron chi connectivity index (χ2n) is 7.10. The molecule has 0 aromatic carbocycles. The van der Waals surface area contributed by atoms with Crippen molar-refractivity contribution in [3.63, 3.8) is 0 Å². The van der Waals surface area contributed by atoms with E-state index >= 15 is 0 Å². The molecule has 0 spiro atoms. The van der Waals surface area contributed by atoms with Crippen LogP contribution in [0.3, 0.4) is 0 Å². The Morgan fingerprint density at radius 3 is 2.81 bits per heavy atom. The van der Waals surface area contributed by atoms with Crippen LogP contribution < -0.4 is 0 Å². The number of aromatic nitrogens is 3. The lowest BCUT2D eigenvalue weighted by Gasteiger charge is -2.26. The normalized spacial score (nSPS) is 18.8. The minimum absolute atomic E-state index is 0.0770. The molecule has 3 aromatic heterocycles. The van der Waals surface area contributed by atoms with Gasteiger partial charge >= 0.3 is 5.97 Å². The van der Waals surface area contributed by atoms with Crippen LogP contribution >= 0.6 is 11.6 Å².